The molecule has 11 nitrogen and oxygen atoms in total. The Bertz CT molecular complexity index is 1240. The van der Waals surface area contributed by atoms with Gasteiger partial charge in [-0.25, -0.2) is 14.6 Å². The first-order valence-electron chi connectivity index (χ1n) is 10.2. The second-order valence-electron chi connectivity index (χ2n) is 7.22. The number of nitrogens with zero attached hydrogens (tertiary/aromatic N) is 6. The van der Waals surface area contributed by atoms with Gasteiger partial charge in [0.2, 0.25) is 5.91 Å². The first kappa shape index (κ1) is 23.4. The molecule has 0 fully saturated rings. The number of carboxylic acid groups (broad SMARTS) is 1. The molecule has 33 heavy (non-hydrogen) atoms. The van der Waals surface area contributed by atoms with Gasteiger partial charge in [0.15, 0.2) is 0 Å². The van der Waals surface area contributed by atoms with E-state index in [1.54, 1.807) is 24.3 Å². The topological polar surface area (TPSA) is 151 Å². The fourth-order valence-electron chi connectivity index (χ4n) is 3.57. The molecular formula is C22H25N7O4. The molecule has 3 heterocycles. The molecule has 0 bridgehead atoms. The molecule has 0 aliphatic heterocycles. The fraction of sp³-hybridized carbons (Fsp3) is 0.273. The molecule has 11 heteroatoms. The SMILES string of the molecule is COc1ccc(-c2cc(C)c3c(cnn3CCCC(N)=O)n2)cc1Cn1cncn1.O=CO. The largest absolute Gasteiger partial charge is 0.496 e. The minimum atomic E-state index is -0.301. The lowest BCUT2D eigenvalue weighted by Gasteiger charge is -2.12. The number of ether oxygens (including phenoxy) is 1. The molecule has 1 aromatic carbocycles. The Morgan fingerprint density at radius 3 is 2.73 bits per heavy atom. The van der Waals surface area contributed by atoms with Crippen LogP contribution in [0.1, 0.15) is 24.0 Å². The average Bonchev–Trinajstić information content (AvgIpc) is 3.44. The Hall–Kier alpha value is -4.28. The van der Waals surface area contributed by atoms with Crippen LogP contribution in [-0.4, -0.2) is 54.1 Å². The standard InChI is InChI=1S/C21H23N7O2.CH2O2/c1-14-8-17(26-18-10-24-28(21(14)18)7-3-4-20(22)29)15-5-6-19(30-2)16(9-15)11-27-13-23-12-25-27;2-1-3/h5-6,8-10,12-13H,3-4,7,11H2,1-2H3,(H2,22,29);1H,(H,2,3). The van der Waals surface area contributed by atoms with Crippen molar-refractivity contribution in [3.05, 3.63) is 54.2 Å². The number of benzene rings is 1. The van der Waals surface area contributed by atoms with E-state index in [1.807, 2.05) is 23.7 Å². The quantitative estimate of drug-likeness (QED) is 0.386. The number of primary amides is 1. The number of methoxy groups -OCH3 is 1. The zero-order valence-corrected chi connectivity index (χ0v) is 18.4. The van der Waals surface area contributed by atoms with Crippen LogP contribution >= 0.6 is 0 Å². The molecule has 0 saturated heterocycles. The molecule has 172 valence electrons. The van der Waals surface area contributed by atoms with Crippen molar-refractivity contribution in [1.29, 1.82) is 0 Å². The highest BCUT2D eigenvalue weighted by Gasteiger charge is 2.13. The van der Waals surface area contributed by atoms with Crippen LogP contribution < -0.4 is 10.5 Å². The predicted molar refractivity (Wildman–Crippen MR) is 120 cm³/mol. The number of hydrogen-bond acceptors (Lipinski definition) is 7. The number of carbonyl (C=O) groups is 2. The summed E-state index contributed by atoms with van der Waals surface area (Å²) >= 11 is 0. The van der Waals surface area contributed by atoms with Gasteiger partial charge in [0.05, 0.1) is 31.1 Å². The molecule has 3 N–H and O–H groups in total. The van der Waals surface area contributed by atoms with Crippen molar-refractivity contribution in [3.63, 3.8) is 0 Å². The van der Waals surface area contributed by atoms with Gasteiger partial charge in [-0.3, -0.25) is 14.3 Å². The van der Waals surface area contributed by atoms with E-state index in [2.05, 4.69) is 27.3 Å². The molecule has 0 atom stereocenters. The highest BCUT2D eigenvalue weighted by Crippen LogP contribution is 2.29. The zero-order chi connectivity index (χ0) is 23.8. The van der Waals surface area contributed by atoms with Gasteiger partial charge in [-0.1, -0.05) is 0 Å². The molecule has 0 saturated carbocycles. The van der Waals surface area contributed by atoms with Crippen molar-refractivity contribution in [3.8, 4) is 17.0 Å². The molecule has 3 aromatic heterocycles. The molecule has 0 radical (unpaired) electrons. The van der Waals surface area contributed by atoms with E-state index in [4.69, 9.17) is 25.4 Å². The summed E-state index contributed by atoms with van der Waals surface area (Å²) in [6, 6.07) is 8.05. The van der Waals surface area contributed by atoms with Gasteiger partial charge in [-0.05, 0) is 43.2 Å². The van der Waals surface area contributed by atoms with E-state index < -0.39 is 0 Å². The molecule has 0 unspecified atom stereocenters. The van der Waals surface area contributed by atoms with Crippen LogP contribution in [0.25, 0.3) is 22.3 Å². The molecular weight excluding hydrogens is 426 g/mol. The van der Waals surface area contributed by atoms with Gasteiger partial charge >= 0.3 is 0 Å². The van der Waals surface area contributed by atoms with E-state index in [1.165, 1.54) is 6.33 Å². The lowest BCUT2D eigenvalue weighted by molar-refractivity contribution is -0.123. The normalized spacial score (nSPS) is 10.5. The lowest BCUT2D eigenvalue weighted by Crippen LogP contribution is -2.12. The second kappa shape index (κ2) is 10.8. The third-order valence-corrected chi connectivity index (χ3v) is 4.96. The van der Waals surface area contributed by atoms with Crippen molar-refractivity contribution in [2.75, 3.05) is 7.11 Å². The number of rotatable bonds is 8. The van der Waals surface area contributed by atoms with E-state index in [0.717, 1.165) is 39.2 Å². The zero-order valence-electron chi connectivity index (χ0n) is 18.4. The van der Waals surface area contributed by atoms with Gasteiger partial charge in [0.25, 0.3) is 6.47 Å². The van der Waals surface area contributed by atoms with Crippen molar-refractivity contribution in [2.45, 2.75) is 32.9 Å². The fourth-order valence-corrected chi connectivity index (χ4v) is 3.57. The summed E-state index contributed by atoms with van der Waals surface area (Å²) in [7, 11) is 1.65. The first-order valence-corrected chi connectivity index (χ1v) is 10.2. The third-order valence-electron chi connectivity index (χ3n) is 4.96. The third kappa shape index (κ3) is 5.70. The maximum absolute atomic E-state index is 11.0. The van der Waals surface area contributed by atoms with Crippen LogP contribution in [0.2, 0.25) is 0 Å². The number of fused-ring (bicyclic) bond motifs is 1. The molecule has 1 amide bonds. The summed E-state index contributed by atoms with van der Waals surface area (Å²) in [5.74, 6) is 0.485. The number of carbonyl (C=O) groups excluding carboxylic acids is 1. The van der Waals surface area contributed by atoms with Crippen LogP contribution in [0.15, 0.2) is 43.1 Å². The summed E-state index contributed by atoms with van der Waals surface area (Å²) in [6.45, 7) is 2.97. The van der Waals surface area contributed by atoms with Crippen LogP contribution in [0.5, 0.6) is 5.75 Å². The number of aromatic nitrogens is 6. The van der Waals surface area contributed by atoms with Gasteiger partial charge in [0.1, 0.15) is 23.9 Å². The minimum Gasteiger partial charge on any atom is -0.496 e. The summed E-state index contributed by atoms with van der Waals surface area (Å²) in [6.07, 6.45) is 5.93. The highest BCUT2D eigenvalue weighted by molar-refractivity contribution is 5.82. The van der Waals surface area contributed by atoms with Gasteiger partial charge in [-0.15, -0.1) is 0 Å². The van der Waals surface area contributed by atoms with Gasteiger partial charge in [0, 0.05) is 24.1 Å². The summed E-state index contributed by atoms with van der Waals surface area (Å²) < 4.78 is 9.14. The van der Waals surface area contributed by atoms with Crippen molar-refractivity contribution >= 4 is 23.4 Å². The Balaban J connectivity index is 0.000000968. The first-order chi connectivity index (χ1) is 16.0. The van der Waals surface area contributed by atoms with Gasteiger partial charge in [-0.2, -0.15) is 10.2 Å². The minimum absolute atomic E-state index is 0.250. The Morgan fingerprint density at radius 2 is 2.06 bits per heavy atom. The maximum Gasteiger partial charge on any atom is 0.290 e. The monoisotopic (exact) mass is 451 g/mol. The number of pyridine rings is 1. The smallest absolute Gasteiger partial charge is 0.290 e. The summed E-state index contributed by atoms with van der Waals surface area (Å²) in [5, 5.41) is 15.5. The number of amides is 1. The number of hydrogen-bond donors (Lipinski definition) is 2. The maximum atomic E-state index is 11.0. The van der Waals surface area contributed by atoms with E-state index in [9.17, 15) is 4.79 Å². The van der Waals surface area contributed by atoms with Crippen LogP contribution in [0, 0.1) is 6.92 Å². The molecule has 4 aromatic rings. The van der Waals surface area contributed by atoms with E-state index in [0.29, 0.717) is 25.9 Å². The van der Waals surface area contributed by atoms with Crippen molar-refractivity contribution in [2.24, 2.45) is 5.73 Å². The van der Waals surface area contributed by atoms with Crippen LogP contribution in [0.4, 0.5) is 0 Å². The average molecular weight is 451 g/mol. The Labute approximate surface area is 189 Å². The molecule has 0 aliphatic rings. The molecule has 0 spiro atoms. The van der Waals surface area contributed by atoms with Crippen molar-refractivity contribution < 1.29 is 19.4 Å². The van der Waals surface area contributed by atoms with Crippen molar-refractivity contribution in [1.82, 2.24) is 29.5 Å². The molecule has 0 aliphatic carbocycles. The Morgan fingerprint density at radius 1 is 1.27 bits per heavy atom. The van der Waals surface area contributed by atoms with E-state index in [-0.39, 0.29) is 12.4 Å². The van der Waals surface area contributed by atoms with Gasteiger partial charge < -0.3 is 15.6 Å². The van der Waals surface area contributed by atoms with E-state index >= 15 is 0 Å². The van der Waals surface area contributed by atoms with Crippen LogP contribution in [0.3, 0.4) is 0 Å². The number of aryl methyl sites for hydroxylation is 2. The Kier molecular flexibility index (Phi) is 7.68. The number of nitrogens with two attached hydrogens (primary N) is 1. The highest BCUT2D eigenvalue weighted by atomic mass is 16.5. The molecule has 4 rings (SSSR count). The lowest BCUT2D eigenvalue weighted by atomic mass is 10.0. The second-order valence-corrected chi connectivity index (χ2v) is 7.22. The predicted octanol–water partition coefficient (Wildman–Crippen LogP) is 2.02. The van der Waals surface area contributed by atoms with Crippen LogP contribution in [-0.2, 0) is 22.7 Å². The summed E-state index contributed by atoms with van der Waals surface area (Å²) in [4.78, 5) is 28.2. The summed E-state index contributed by atoms with van der Waals surface area (Å²) in [5.41, 5.74) is 10.9.